The molecule has 0 radical (unpaired) electrons. The second kappa shape index (κ2) is 9.74. The molecule has 1 aliphatic rings. The van der Waals surface area contributed by atoms with Gasteiger partial charge in [-0.25, -0.2) is 0 Å². The minimum Gasteiger partial charge on any atom is -0.495 e. The van der Waals surface area contributed by atoms with Crippen molar-refractivity contribution in [3.63, 3.8) is 0 Å². The summed E-state index contributed by atoms with van der Waals surface area (Å²) in [5.41, 5.74) is 10.8. The fourth-order valence-electron chi connectivity index (χ4n) is 5.02. The van der Waals surface area contributed by atoms with Crippen LogP contribution in [0.4, 0.5) is 5.69 Å². The summed E-state index contributed by atoms with van der Waals surface area (Å²) in [5, 5.41) is 5.71. The molecule has 0 saturated heterocycles. The van der Waals surface area contributed by atoms with E-state index < -0.39 is 5.91 Å². The second-order valence-corrected chi connectivity index (χ2v) is 9.40. The van der Waals surface area contributed by atoms with E-state index in [9.17, 15) is 4.79 Å². The van der Waals surface area contributed by atoms with Crippen LogP contribution < -0.4 is 15.8 Å². The van der Waals surface area contributed by atoms with Gasteiger partial charge in [-0.15, -0.1) is 0 Å². The molecule has 0 spiro atoms. The Kier molecular flexibility index (Phi) is 6.36. The Bertz CT molecular complexity index is 1380. The number of amides is 1. The first kappa shape index (κ1) is 22.8. The van der Waals surface area contributed by atoms with Crippen molar-refractivity contribution in [3.8, 4) is 28.1 Å². The van der Waals surface area contributed by atoms with Gasteiger partial charge in [-0.1, -0.05) is 31.2 Å². The largest absolute Gasteiger partial charge is 0.495 e. The van der Waals surface area contributed by atoms with Gasteiger partial charge in [-0.2, -0.15) is 0 Å². The number of carbonyl (C=O) groups is 1. The molecular formula is C29H30N4O2. The number of carbonyl (C=O) groups excluding carboxylic acids is 1. The summed E-state index contributed by atoms with van der Waals surface area (Å²) in [4.78, 5) is 21.2. The highest BCUT2D eigenvalue weighted by Crippen LogP contribution is 2.36. The number of aromatic nitrogens is 2. The van der Waals surface area contributed by atoms with Crippen LogP contribution in [-0.2, 0) is 0 Å². The molecule has 1 saturated carbocycles. The molecule has 4 aromatic rings. The summed E-state index contributed by atoms with van der Waals surface area (Å²) in [5.74, 6) is 1.04. The molecule has 1 aliphatic carbocycles. The van der Waals surface area contributed by atoms with Crippen LogP contribution in [0.15, 0.2) is 67.1 Å². The molecule has 0 bridgehead atoms. The lowest BCUT2D eigenvalue weighted by Crippen LogP contribution is -2.26. The van der Waals surface area contributed by atoms with Gasteiger partial charge in [0.05, 0.1) is 24.6 Å². The zero-order chi connectivity index (χ0) is 24.4. The van der Waals surface area contributed by atoms with Crippen molar-refractivity contribution in [1.29, 1.82) is 0 Å². The van der Waals surface area contributed by atoms with E-state index in [-0.39, 0.29) is 0 Å². The van der Waals surface area contributed by atoms with Crippen molar-refractivity contribution >= 4 is 22.4 Å². The van der Waals surface area contributed by atoms with Crippen LogP contribution in [-0.4, -0.2) is 29.0 Å². The molecule has 6 nitrogen and oxygen atoms in total. The smallest absolute Gasteiger partial charge is 0.250 e. The van der Waals surface area contributed by atoms with Gasteiger partial charge in [-0.3, -0.25) is 14.8 Å². The molecule has 35 heavy (non-hydrogen) atoms. The van der Waals surface area contributed by atoms with Crippen molar-refractivity contribution < 1.29 is 9.53 Å². The summed E-state index contributed by atoms with van der Waals surface area (Å²) in [6.07, 6.45) is 9.93. The van der Waals surface area contributed by atoms with Gasteiger partial charge in [0.15, 0.2) is 0 Å². The van der Waals surface area contributed by atoms with E-state index in [2.05, 4.69) is 29.4 Å². The summed E-state index contributed by atoms with van der Waals surface area (Å²) in [6.45, 7) is 2.30. The number of hydrogen-bond acceptors (Lipinski definition) is 5. The third kappa shape index (κ3) is 4.69. The predicted octanol–water partition coefficient (Wildman–Crippen LogP) is 6.06. The van der Waals surface area contributed by atoms with Crippen LogP contribution in [0.1, 0.15) is 43.0 Å². The number of primary amides is 1. The van der Waals surface area contributed by atoms with Gasteiger partial charge < -0.3 is 15.8 Å². The average molecular weight is 467 g/mol. The fraction of sp³-hybridized carbons (Fsp3) is 0.276. The minimum atomic E-state index is -0.429. The Labute approximate surface area is 205 Å². The Morgan fingerprint density at radius 2 is 1.83 bits per heavy atom. The zero-order valence-corrected chi connectivity index (χ0v) is 20.1. The molecule has 1 amide bonds. The molecular weight excluding hydrogens is 436 g/mol. The first-order valence-corrected chi connectivity index (χ1v) is 12.1. The first-order valence-electron chi connectivity index (χ1n) is 12.1. The predicted molar refractivity (Wildman–Crippen MR) is 141 cm³/mol. The molecule has 2 heterocycles. The van der Waals surface area contributed by atoms with Gasteiger partial charge in [-0.05, 0) is 66.8 Å². The van der Waals surface area contributed by atoms with Gasteiger partial charge in [0.2, 0.25) is 0 Å². The van der Waals surface area contributed by atoms with Gasteiger partial charge in [0.1, 0.15) is 5.75 Å². The molecule has 2 aromatic heterocycles. The summed E-state index contributed by atoms with van der Waals surface area (Å²) in [6, 6.07) is 16.3. The van der Waals surface area contributed by atoms with Crippen LogP contribution in [0.3, 0.4) is 0 Å². The van der Waals surface area contributed by atoms with Crippen molar-refractivity contribution in [1.82, 2.24) is 9.97 Å². The van der Waals surface area contributed by atoms with Crippen LogP contribution in [0.2, 0.25) is 0 Å². The number of nitrogens with one attached hydrogen (secondary N) is 1. The van der Waals surface area contributed by atoms with Gasteiger partial charge in [0, 0.05) is 40.6 Å². The summed E-state index contributed by atoms with van der Waals surface area (Å²) in [7, 11) is 1.64. The molecule has 2 aromatic carbocycles. The Morgan fingerprint density at radius 3 is 2.60 bits per heavy atom. The Hall–Kier alpha value is -3.93. The zero-order valence-electron chi connectivity index (χ0n) is 20.1. The van der Waals surface area contributed by atoms with E-state index in [1.165, 1.54) is 12.8 Å². The molecule has 178 valence electrons. The normalized spacial score (nSPS) is 17.8. The Morgan fingerprint density at radius 1 is 1.00 bits per heavy atom. The topological polar surface area (TPSA) is 90.1 Å². The number of nitrogens with two attached hydrogens (primary N) is 1. The lowest BCUT2D eigenvalue weighted by Gasteiger charge is -2.28. The maximum atomic E-state index is 12.2. The van der Waals surface area contributed by atoms with E-state index in [0.717, 1.165) is 57.6 Å². The average Bonchev–Trinajstić information content (AvgIpc) is 2.89. The number of nitrogens with zero attached hydrogens (tertiary/aromatic N) is 2. The first-order chi connectivity index (χ1) is 17.0. The summed E-state index contributed by atoms with van der Waals surface area (Å²) >= 11 is 0. The third-order valence-electron chi connectivity index (χ3n) is 7.00. The van der Waals surface area contributed by atoms with Crippen LogP contribution in [0.5, 0.6) is 5.75 Å². The highest BCUT2D eigenvalue weighted by Gasteiger charge is 2.21. The van der Waals surface area contributed by atoms with E-state index in [0.29, 0.717) is 17.4 Å². The standard InChI is InChI=1S/C29H30N4O2/c1-18-6-9-21(10-7-18)33-27-15-19(8-11-26(27)29(30)34)28-25-5-3-4-23(24(25)12-13-32-28)20-14-22(35-2)17-31-16-20/h3-5,8,11-18,21,33H,6-7,9-10H2,1-2H3,(H2,30,34). The molecule has 0 atom stereocenters. The lowest BCUT2D eigenvalue weighted by atomic mass is 9.87. The monoisotopic (exact) mass is 466 g/mol. The van der Waals surface area contributed by atoms with Crippen molar-refractivity contribution in [2.75, 3.05) is 12.4 Å². The van der Waals surface area contributed by atoms with Crippen molar-refractivity contribution in [2.24, 2.45) is 11.7 Å². The van der Waals surface area contributed by atoms with Crippen LogP contribution >= 0.6 is 0 Å². The van der Waals surface area contributed by atoms with Crippen LogP contribution in [0, 0.1) is 5.92 Å². The van der Waals surface area contributed by atoms with E-state index >= 15 is 0 Å². The number of pyridine rings is 2. The number of methoxy groups -OCH3 is 1. The highest BCUT2D eigenvalue weighted by atomic mass is 16.5. The minimum absolute atomic E-state index is 0.340. The van der Waals surface area contributed by atoms with Crippen molar-refractivity contribution in [3.05, 3.63) is 72.7 Å². The lowest BCUT2D eigenvalue weighted by molar-refractivity contribution is 0.100. The van der Waals surface area contributed by atoms with E-state index in [4.69, 9.17) is 15.5 Å². The van der Waals surface area contributed by atoms with Crippen LogP contribution in [0.25, 0.3) is 33.2 Å². The van der Waals surface area contributed by atoms with Gasteiger partial charge in [0.25, 0.3) is 5.91 Å². The quantitative estimate of drug-likeness (QED) is 0.360. The highest BCUT2D eigenvalue weighted by molar-refractivity contribution is 6.04. The number of hydrogen-bond donors (Lipinski definition) is 2. The molecule has 6 heteroatoms. The van der Waals surface area contributed by atoms with Crippen molar-refractivity contribution in [2.45, 2.75) is 38.6 Å². The fourth-order valence-corrected chi connectivity index (χ4v) is 5.02. The maximum absolute atomic E-state index is 12.2. The number of rotatable bonds is 6. The van der Waals surface area contributed by atoms with E-state index in [1.54, 1.807) is 13.3 Å². The summed E-state index contributed by atoms with van der Waals surface area (Å²) < 4.78 is 5.37. The number of ether oxygens (including phenoxy) is 1. The number of anilines is 1. The molecule has 5 rings (SSSR count). The SMILES string of the molecule is COc1cncc(-c2cccc3c(-c4ccc(C(N)=O)c(NC5CCC(C)CC5)c4)nccc23)c1. The molecule has 0 aliphatic heterocycles. The van der Waals surface area contributed by atoms with Gasteiger partial charge >= 0.3 is 0 Å². The number of fused-ring (bicyclic) bond motifs is 1. The molecule has 0 unspecified atom stereocenters. The maximum Gasteiger partial charge on any atom is 0.250 e. The molecule has 3 N–H and O–H groups in total. The molecule has 1 fully saturated rings. The third-order valence-corrected chi connectivity index (χ3v) is 7.00. The number of benzene rings is 2. The second-order valence-electron chi connectivity index (χ2n) is 9.40. The van der Waals surface area contributed by atoms with E-state index in [1.807, 2.05) is 48.8 Å². The Balaban J connectivity index is 1.58.